The molecule has 0 bridgehead atoms. The van der Waals surface area contributed by atoms with E-state index in [1.165, 1.54) is 12.1 Å². The second kappa shape index (κ2) is 4.88. The maximum Gasteiger partial charge on any atom is 0.279 e. The Morgan fingerprint density at radius 1 is 1.20 bits per heavy atom. The minimum atomic E-state index is -0.327. The van der Waals surface area contributed by atoms with Gasteiger partial charge in [-0.15, -0.1) is 0 Å². The Labute approximate surface area is 113 Å². The third-order valence-electron chi connectivity index (χ3n) is 3.10. The number of halogens is 1. The van der Waals surface area contributed by atoms with Crippen LogP contribution in [0.15, 0.2) is 29.1 Å². The summed E-state index contributed by atoms with van der Waals surface area (Å²) in [6.07, 6.45) is 1.70. The normalized spacial score (nSPS) is 11.1. The highest BCUT2D eigenvalue weighted by Crippen LogP contribution is 2.18. The highest BCUT2D eigenvalue weighted by atomic mass is 19.1. The summed E-state index contributed by atoms with van der Waals surface area (Å²) < 4.78 is 12.9. The van der Waals surface area contributed by atoms with Crippen molar-refractivity contribution in [1.82, 2.24) is 20.2 Å². The number of aromatic nitrogens is 4. The van der Waals surface area contributed by atoms with Gasteiger partial charge in [-0.2, -0.15) is 5.10 Å². The van der Waals surface area contributed by atoms with E-state index in [-0.39, 0.29) is 11.4 Å². The molecule has 0 saturated heterocycles. The molecule has 0 aliphatic carbocycles. The Bertz CT molecular complexity index is 804. The van der Waals surface area contributed by atoms with Crippen molar-refractivity contribution in [2.24, 2.45) is 0 Å². The summed E-state index contributed by atoms with van der Waals surface area (Å²) in [5, 5.41) is 6.85. The first-order chi connectivity index (χ1) is 9.69. The minimum absolute atomic E-state index is 0.298. The lowest BCUT2D eigenvalue weighted by Gasteiger charge is -2.01. The molecule has 2 heterocycles. The van der Waals surface area contributed by atoms with Crippen molar-refractivity contribution < 1.29 is 4.39 Å². The second-order valence-electron chi connectivity index (χ2n) is 4.57. The predicted molar refractivity (Wildman–Crippen MR) is 73.9 cm³/mol. The van der Waals surface area contributed by atoms with Crippen LogP contribution in [-0.4, -0.2) is 20.2 Å². The number of fused-ring (bicyclic) bond motifs is 1. The molecule has 3 aromatic rings. The van der Waals surface area contributed by atoms with Gasteiger partial charge >= 0.3 is 0 Å². The lowest BCUT2D eigenvalue weighted by Crippen LogP contribution is -2.09. The number of aryl methyl sites for hydroxylation is 1. The molecule has 0 amide bonds. The third-order valence-corrected chi connectivity index (χ3v) is 3.10. The van der Waals surface area contributed by atoms with Crippen LogP contribution in [0.25, 0.3) is 22.4 Å². The minimum Gasteiger partial charge on any atom is -0.305 e. The molecule has 0 unspecified atom stereocenters. The van der Waals surface area contributed by atoms with Gasteiger partial charge in [-0.1, -0.05) is 13.3 Å². The predicted octanol–water partition coefficient (Wildman–Crippen LogP) is 2.40. The molecule has 2 N–H and O–H groups in total. The van der Waals surface area contributed by atoms with E-state index in [9.17, 15) is 9.18 Å². The van der Waals surface area contributed by atoms with Crippen molar-refractivity contribution >= 4 is 11.0 Å². The van der Waals surface area contributed by atoms with Crippen LogP contribution in [0.5, 0.6) is 0 Å². The molecule has 0 aliphatic rings. The van der Waals surface area contributed by atoms with Gasteiger partial charge in [0.05, 0.1) is 5.69 Å². The first-order valence-electron chi connectivity index (χ1n) is 6.42. The van der Waals surface area contributed by atoms with E-state index in [0.717, 1.165) is 18.5 Å². The molecule has 6 heteroatoms. The van der Waals surface area contributed by atoms with Crippen LogP contribution in [0.3, 0.4) is 0 Å². The van der Waals surface area contributed by atoms with E-state index in [0.29, 0.717) is 22.4 Å². The van der Waals surface area contributed by atoms with Crippen molar-refractivity contribution in [2.75, 3.05) is 0 Å². The topological polar surface area (TPSA) is 74.4 Å². The molecule has 0 fully saturated rings. The molecule has 0 spiro atoms. The van der Waals surface area contributed by atoms with Gasteiger partial charge in [-0.3, -0.25) is 9.89 Å². The summed E-state index contributed by atoms with van der Waals surface area (Å²) in [5.74, 6) is 0.0911. The van der Waals surface area contributed by atoms with Crippen LogP contribution in [0, 0.1) is 5.82 Å². The molecule has 5 nitrogen and oxygen atoms in total. The zero-order valence-electron chi connectivity index (χ0n) is 10.9. The number of hydrogen-bond donors (Lipinski definition) is 2. The first kappa shape index (κ1) is 12.5. The number of nitrogens with one attached hydrogen (secondary N) is 2. The zero-order chi connectivity index (χ0) is 14.1. The van der Waals surface area contributed by atoms with Gasteiger partial charge in [0.25, 0.3) is 5.56 Å². The van der Waals surface area contributed by atoms with Gasteiger partial charge in [0.15, 0.2) is 5.52 Å². The summed E-state index contributed by atoms with van der Waals surface area (Å²) in [7, 11) is 0. The molecular weight excluding hydrogens is 259 g/mol. The van der Waals surface area contributed by atoms with Gasteiger partial charge in [-0.05, 0) is 30.7 Å². The molecule has 2 aromatic heterocycles. The van der Waals surface area contributed by atoms with Crippen LogP contribution >= 0.6 is 0 Å². The fraction of sp³-hybridized carbons (Fsp3) is 0.214. The monoisotopic (exact) mass is 272 g/mol. The lowest BCUT2D eigenvalue weighted by molar-refractivity contribution is 0.628. The number of aromatic amines is 2. The maximum absolute atomic E-state index is 12.9. The average molecular weight is 272 g/mol. The maximum atomic E-state index is 12.9. The van der Waals surface area contributed by atoms with E-state index in [1.54, 1.807) is 12.1 Å². The average Bonchev–Trinajstić information content (AvgIpc) is 2.84. The van der Waals surface area contributed by atoms with Gasteiger partial charge < -0.3 is 4.98 Å². The Morgan fingerprint density at radius 3 is 2.65 bits per heavy atom. The number of rotatable bonds is 3. The smallest absolute Gasteiger partial charge is 0.279 e. The van der Waals surface area contributed by atoms with E-state index in [4.69, 9.17) is 0 Å². The van der Waals surface area contributed by atoms with Crippen molar-refractivity contribution in [3.63, 3.8) is 0 Å². The summed E-state index contributed by atoms with van der Waals surface area (Å²) in [6, 6.07) is 5.84. The molecule has 102 valence electrons. The van der Waals surface area contributed by atoms with Gasteiger partial charge in [-0.25, -0.2) is 9.37 Å². The molecule has 0 atom stereocenters. The van der Waals surface area contributed by atoms with Gasteiger partial charge in [0.1, 0.15) is 17.2 Å². The lowest BCUT2D eigenvalue weighted by atomic mass is 10.2. The SMILES string of the molecule is CCCc1[nH]nc2c(=O)[nH]c(-c3ccc(F)cc3)nc12. The van der Waals surface area contributed by atoms with E-state index in [1.807, 2.05) is 6.92 Å². The first-order valence-corrected chi connectivity index (χ1v) is 6.42. The summed E-state index contributed by atoms with van der Waals surface area (Å²) in [6.45, 7) is 2.04. The van der Waals surface area contributed by atoms with Gasteiger partial charge in [0, 0.05) is 5.56 Å². The highest BCUT2D eigenvalue weighted by Gasteiger charge is 2.12. The Morgan fingerprint density at radius 2 is 1.95 bits per heavy atom. The van der Waals surface area contributed by atoms with E-state index in [2.05, 4.69) is 20.2 Å². The van der Waals surface area contributed by atoms with Crippen LogP contribution in [0.1, 0.15) is 19.0 Å². The van der Waals surface area contributed by atoms with Crippen molar-refractivity contribution in [3.05, 3.63) is 46.1 Å². The second-order valence-corrected chi connectivity index (χ2v) is 4.57. The largest absolute Gasteiger partial charge is 0.305 e. The Balaban J connectivity index is 2.19. The van der Waals surface area contributed by atoms with Crippen molar-refractivity contribution in [1.29, 1.82) is 0 Å². The summed E-state index contributed by atoms with van der Waals surface area (Å²) >= 11 is 0. The van der Waals surface area contributed by atoms with Gasteiger partial charge in [0.2, 0.25) is 0 Å². The number of benzene rings is 1. The quantitative estimate of drug-likeness (QED) is 0.768. The molecular formula is C14H13FN4O. The Kier molecular flexibility index (Phi) is 3.06. The fourth-order valence-electron chi connectivity index (χ4n) is 2.13. The highest BCUT2D eigenvalue weighted by molar-refractivity contribution is 5.78. The summed E-state index contributed by atoms with van der Waals surface area (Å²) in [4.78, 5) is 19.1. The molecule has 1 aromatic carbocycles. The molecule has 0 radical (unpaired) electrons. The van der Waals surface area contributed by atoms with Crippen LogP contribution in [0.4, 0.5) is 4.39 Å². The molecule has 0 aliphatic heterocycles. The van der Waals surface area contributed by atoms with Crippen molar-refractivity contribution in [3.8, 4) is 11.4 Å². The zero-order valence-corrected chi connectivity index (χ0v) is 10.9. The van der Waals surface area contributed by atoms with Crippen LogP contribution < -0.4 is 5.56 Å². The third kappa shape index (κ3) is 2.09. The number of H-pyrrole nitrogens is 2. The standard InChI is InChI=1S/C14H13FN4O/c1-2-3-10-11-12(19-18-10)14(20)17-13(16-11)8-4-6-9(15)7-5-8/h4-7H,2-3H2,1H3,(H,18,19)(H,16,17,20). The summed E-state index contributed by atoms with van der Waals surface area (Å²) in [5.41, 5.74) is 2.09. The van der Waals surface area contributed by atoms with E-state index >= 15 is 0 Å². The van der Waals surface area contributed by atoms with Crippen LogP contribution in [0.2, 0.25) is 0 Å². The Hall–Kier alpha value is -2.50. The molecule has 3 rings (SSSR count). The fourth-order valence-corrected chi connectivity index (χ4v) is 2.13. The molecule has 20 heavy (non-hydrogen) atoms. The molecule has 0 saturated carbocycles. The number of hydrogen-bond acceptors (Lipinski definition) is 3. The van der Waals surface area contributed by atoms with Crippen LogP contribution in [-0.2, 0) is 6.42 Å². The number of nitrogens with zero attached hydrogens (tertiary/aromatic N) is 2. The van der Waals surface area contributed by atoms with Crippen molar-refractivity contribution in [2.45, 2.75) is 19.8 Å². The van der Waals surface area contributed by atoms with E-state index < -0.39 is 0 Å².